The van der Waals surface area contributed by atoms with Crippen molar-refractivity contribution in [3.05, 3.63) is 17.1 Å². The molecular formula is C24H38N6O2. The molecule has 3 aliphatic heterocycles. The predicted octanol–water partition coefficient (Wildman–Crippen LogP) is 2.25. The highest BCUT2D eigenvalue weighted by Gasteiger charge is 2.30. The molecule has 0 unspecified atom stereocenters. The Labute approximate surface area is 191 Å². The van der Waals surface area contributed by atoms with Crippen molar-refractivity contribution in [2.24, 2.45) is 5.92 Å². The van der Waals surface area contributed by atoms with Crippen LogP contribution in [0.5, 0.6) is 0 Å². The minimum Gasteiger partial charge on any atom is -0.373 e. The summed E-state index contributed by atoms with van der Waals surface area (Å²) in [6.07, 6.45) is 5.57. The standard InChI is InChI=1S/C24H38N6O2/c1-4-28-10-5-18(6-11-28)15-22(32)29-12-7-19(8-13-29)23-26-21-16-30(17(2)31)14-9-20(21)24(25-3)27-23/h18-19H,4-16H2,1-3H3,(H,25,26,27). The Bertz CT molecular complexity index is 828. The van der Waals surface area contributed by atoms with Crippen LogP contribution >= 0.6 is 0 Å². The van der Waals surface area contributed by atoms with E-state index in [0.717, 1.165) is 94.3 Å². The van der Waals surface area contributed by atoms with Crippen molar-refractivity contribution in [1.29, 1.82) is 0 Å². The van der Waals surface area contributed by atoms with Gasteiger partial charge in [0, 0.05) is 51.5 Å². The second-order valence-corrected chi connectivity index (χ2v) is 9.53. The van der Waals surface area contributed by atoms with E-state index in [0.29, 0.717) is 24.8 Å². The number of hydrogen-bond acceptors (Lipinski definition) is 6. The summed E-state index contributed by atoms with van der Waals surface area (Å²) in [5.74, 6) is 2.96. The van der Waals surface area contributed by atoms with Gasteiger partial charge in [0.25, 0.3) is 0 Å². The Kier molecular flexibility index (Phi) is 7.28. The van der Waals surface area contributed by atoms with Crippen molar-refractivity contribution in [2.75, 3.05) is 51.6 Å². The quantitative estimate of drug-likeness (QED) is 0.753. The normalized spacial score (nSPS) is 20.8. The molecule has 3 aliphatic rings. The first-order valence-electron chi connectivity index (χ1n) is 12.3. The van der Waals surface area contributed by atoms with Gasteiger partial charge in [-0.15, -0.1) is 0 Å². The van der Waals surface area contributed by atoms with E-state index in [4.69, 9.17) is 9.97 Å². The van der Waals surface area contributed by atoms with Gasteiger partial charge in [-0.3, -0.25) is 9.59 Å². The fourth-order valence-corrected chi connectivity index (χ4v) is 5.38. The van der Waals surface area contributed by atoms with E-state index >= 15 is 0 Å². The maximum atomic E-state index is 12.9. The third kappa shape index (κ3) is 5.05. The number of carbonyl (C=O) groups is 2. The predicted molar refractivity (Wildman–Crippen MR) is 124 cm³/mol. The monoisotopic (exact) mass is 442 g/mol. The molecule has 4 heterocycles. The average Bonchev–Trinajstić information content (AvgIpc) is 2.83. The molecule has 8 nitrogen and oxygen atoms in total. The van der Waals surface area contributed by atoms with Gasteiger partial charge in [0.2, 0.25) is 11.8 Å². The Hall–Kier alpha value is -2.22. The van der Waals surface area contributed by atoms with Gasteiger partial charge in [-0.05, 0) is 57.7 Å². The van der Waals surface area contributed by atoms with Crippen LogP contribution in [0.3, 0.4) is 0 Å². The summed E-state index contributed by atoms with van der Waals surface area (Å²) < 4.78 is 0. The molecule has 2 amide bonds. The molecule has 176 valence electrons. The van der Waals surface area contributed by atoms with E-state index in [9.17, 15) is 9.59 Å². The number of aromatic nitrogens is 2. The molecule has 0 spiro atoms. The molecule has 0 aliphatic carbocycles. The van der Waals surface area contributed by atoms with Crippen molar-refractivity contribution in [1.82, 2.24) is 24.7 Å². The van der Waals surface area contributed by atoms with Gasteiger partial charge in [-0.2, -0.15) is 0 Å². The Balaban J connectivity index is 1.35. The summed E-state index contributed by atoms with van der Waals surface area (Å²) in [5.41, 5.74) is 2.10. The van der Waals surface area contributed by atoms with Crippen LogP contribution in [0.2, 0.25) is 0 Å². The number of rotatable bonds is 5. The van der Waals surface area contributed by atoms with Crippen LogP contribution in [0.4, 0.5) is 5.82 Å². The molecule has 1 aromatic heterocycles. The molecule has 1 aromatic rings. The van der Waals surface area contributed by atoms with Crippen molar-refractivity contribution in [3.8, 4) is 0 Å². The number of fused-ring (bicyclic) bond motifs is 1. The molecule has 1 N–H and O–H groups in total. The fourth-order valence-electron chi connectivity index (χ4n) is 5.38. The smallest absolute Gasteiger partial charge is 0.222 e. The summed E-state index contributed by atoms with van der Waals surface area (Å²) in [5, 5.41) is 3.24. The molecule has 0 saturated carbocycles. The van der Waals surface area contributed by atoms with Crippen molar-refractivity contribution < 1.29 is 9.59 Å². The minimum atomic E-state index is 0.0917. The van der Waals surface area contributed by atoms with E-state index in [1.54, 1.807) is 6.92 Å². The second kappa shape index (κ2) is 10.1. The van der Waals surface area contributed by atoms with Crippen LogP contribution in [-0.2, 0) is 22.6 Å². The number of nitrogens with one attached hydrogen (secondary N) is 1. The molecular weight excluding hydrogens is 404 g/mol. The molecule has 32 heavy (non-hydrogen) atoms. The third-order valence-electron chi connectivity index (χ3n) is 7.60. The summed E-state index contributed by atoms with van der Waals surface area (Å²) >= 11 is 0. The highest BCUT2D eigenvalue weighted by molar-refractivity contribution is 5.76. The lowest BCUT2D eigenvalue weighted by molar-refractivity contribution is -0.133. The van der Waals surface area contributed by atoms with Crippen LogP contribution < -0.4 is 5.32 Å². The van der Waals surface area contributed by atoms with Gasteiger partial charge >= 0.3 is 0 Å². The number of carbonyl (C=O) groups excluding carboxylic acids is 2. The fraction of sp³-hybridized carbons (Fsp3) is 0.750. The number of likely N-dealkylation sites (tertiary alicyclic amines) is 2. The second-order valence-electron chi connectivity index (χ2n) is 9.53. The summed E-state index contributed by atoms with van der Waals surface area (Å²) in [6, 6.07) is 0. The lowest BCUT2D eigenvalue weighted by atomic mass is 9.91. The molecule has 4 rings (SSSR count). The van der Waals surface area contributed by atoms with Gasteiger partial charge in [-0.1, -0.05) is 6.92 Å². The molecule has 8 heteroatoms. The number of piperidine rings is 2. The first-order valence-corrected chi connectivity index (χ1v) is 12.3. The summed E-state index contributed by atoms with van der Waals surface area (Å²) in [4.78, 5) is 40.9. The van der Waals surface area contributed by atoms with E-state index in [2.05, 4.69) is 22.0 Å². The zero-order chi connectivity index (χ0) is 22.7. The van der Waals surface area contributed by atoms with Crippen LogP contribution in [0.15, 0.2) is 0 Å². The van der Waals surface area contributed by atoms with Crippen LogP contribution in [0, 0.1) is 5.92 Å². The zero-order valence-corrected chi connectivity index (χ0v) is 19.9. The molecule has 0 radical (unpaired) electrons. The van der Waals surface area contributed by atoms with Crippen molar-refractivity contribution >= 4 is 17.6 Å². The van der Waals surface area contributed by atoms with Crippen molar-refractivity contribution in [3.63, 3.8) is 0 Å². The van der Waals surface area contributed by atoms with Gasteiger partial charge in [0.05, 0.1) is 12.2 Å². The zero-order valence-electron chi connectivity index (χ0n) is 19.9. The molecule has 0 atom stereocenters. The number of nitrogens with zero attached hydrogens (tertiary/aromatic N) is 5. The Morgan fingerprint density at radius 1 is 1.00 bits per heavy atom. The molecule has 0 aromatic carbocycles. The van der Waals surface area contributed by atoms with Gasteiger partial charge < -0.3 is 20.0 Å². The Morgan fingerprint density at radius 3 is 2.34 bits per heavy atom. The summed E-state index contributed by atoms with van der Waals surface area (Å²) in [6.45, 7) is 10.0. The van der Waals surface area contributed by atoms with Gasteiger partial charge in [-0.25, -0.2) is 9.97 Å². The lowest BCUT2D eigenvalue weighted by Gasteiger charge is -2.35. The average molecular weight is 443 g/mol. The SMILES string of the molecule is CCN1CCC(CC(=O)N2CCC(c3nc4c(c(NC)n3)CCN(C(C)=O)C4)CC2)CC1. The first-order chi connectivity index (χ1) is 15.5. The van der Waals surface area contributed by atoms with Gasteiger partial charge in [0.1, 0.15) is 11.6 Å². The maximum Gasteiger partial charge on any atom is 0.222 e. The number of hydrogen-bond donors (Lipinski definition) is 1. The first kappa shape index (κ1) is 23.0. The topological polar surface area (TPSA) is 81.7 Å². The summed E-state index contributed by atoms with van der Waals surface area (Å²) in [7, 11) is 1.90. The molecule has 0 bridgehead atoms. The van der Waals surface area contributed by atoms with Crippen LogP contribution in [0.1, 0.15) is 69.0 Å². The van der Waals surface area contributed by atoms with E-state index in [1.165, 1.54) is 0 Å². The third-order valence-corrected chi connectivity index (χ3v) is 7.60. The van der Waals surface area contributed by atoms with E-state index < -0.39 is 0 Å². The largest absolute Gasteiger partial charge is 0.373 e. The van der Waals surface area contributed by atoms with Gasteiger partial charge in [0.15, 0.2) is 0 Å². The maximum absolute atomic E-state index is 12.9. The van der Waals surface area contributed by atoms with E-state index in [1.807, 2.05) is 11.9 Å². The lowest BCUT2D eigenvalue weighted by Crippen LogP contribution is -2.41. The van der Waals surface area contributed by atoms with E-state index in [-0.39, 0.29) is 11.8 Å². The highest BCUT2D eigenvalue weighted by Crippen LogP contribution is 2.31. The number of amides is 2. The van der Waals surface area contributed by atoms with Crippen molar-refractivity contribution in [2.45, 2.75) is 64.8 Å². The number of anilines is 1. The minimum absolute atomic E-state index is 0.0917. The molecule has 2 fully saturated rings. The molecule has 2 saturated heterocycles. The van der Waals surface area contributed by atoms with Crippen LogP contribution in [0.25, 0.3) is 0 Å². The highest BCUT2D eigenvalue weighted by atomic mass is 16.2. The van der Waals surface area contributed by atoms with Crippen LogP contribution in [-0.4, -0.2) is 82.8 Å². The Morgan fingerprint density at radius 2 is 1.72 bits per heavy atom.